The van der Waals surface area contributed by atoms with E-state index in [1.54, 1.807) is 24.3 Å². The van der Waals surface area contributed by atoms with Crippen molar-refractivity contribution < 1.29 is 30.2 Å². The number of unbranched alkanes of at least 4 members (excludes halogenated alkanes) is 3. The summed E-state index contributed by atoms with van der Waals surface area (Å²) in [5.74, 6) is -0.778. The van der Waals surface area contributed by atoms with Gasteiger partial charge in [0.1, 0.15) is 22.9 Å². The summed E-state index contributed by atoms with van der Waals surface area (Å²) >= 11 is 6.41. The van der Waals surface area contributed by atoms with Crippen molar-refractivity contribution in [2.24, 2.45) is 10.3 Å². The Labute approximate surface area is 225 Å². The number of rotatable bonds is 13. The van der Waals surface area contributed by atoms with Crippen LogP contribution in [0.4, 0.5) is 0 Å². The van der Waals surface area contributed by atoms with Gasteiger partial charge in [-0.05, 0) is 80.1 Å². The predicted octanol–water partition coefficient (Wildman–Crippen LogP) is 3.86. The number of phenolic OH excluding ortho intramolecular Hbond substituents is 2. The second kappa shape index (κ2) is 15.1. The number of oxime groups is 2. The zero-order chi connectivity index (χ0) is 26.5. The molecule has 0 heterocycles. The molecule has 2 aromatic rings. The number of nitrogens with one attached hydrogen (secondary N) is 2. The van der Waals surface area contributed by atoms with E-state index in [9.17, 15) is 30.2 Å². The number of carbonyl (C=O) groups excluding carboxylic acids is 2. The Kier molecular flexibility index (Phi) is 12.2. The predicted molar refractivity (Wildman–Crippen MR) is 142 cm³/mol. The highest BCUT2D eigenvalue weighted by atomic mass is 79.9. The lowest BCUT2D eigenvalue weighted by atomic mass is 10.1. The van der Waals surface area contributed by atoms with E-state index in [-0.39, 0.29) is 35.8 Å². The number of nitrogens with zero attached hydrogens (tertiary/aromatic N) is 2. The number of carbonyl (C=O) groups is 2. The molecular formula is C24H28Br2N4O6. The van der Waals surface area contributed by atoms with Crippen molar-refractivity contribution in [3.63, 3.8) is 0 Å². The van der Waals surface area contributed by atoms with Crippen LogP contribution in [0.3, 0.4) is 0 Å². The van der Waals surface area contributed by atoms with Gasteiger partial charge in [-0.25, -0.2) is 0 Å². The molecule has 0 spiro atoms. The smallest absolute Gasteiger partial charge is 0.269 e. The molecule has 6 N–H and O–H groups in total. The second-order valence-corrected chi connectivity index (χ2v) is 9.65. The first kappa shape index (κ1) is 29.1. The summed E-state index contributed by atoms with van der Waals surface area (Å²) in [6.07, 6.45) is 3.28. The van der Waals surface area contributed by atoms with Crippen molar-refractivity contribution in [2.45, 2.75) is 38.5 Å². The van der Waals surface area contributed by atoms with Crippen LogP contribution >= 0.6 is 31.9 Å². The topological polar surface area (TPSA) is 164 Å². The van der Waals surface area contributed by atoms with E-state index in [4.69, 9.17) is 0 Å². The molecule has 0 aliphatic heterocycles. The standard InChI is InChI=1S/C24H28Br2N4O6/c25-17-11-15(5-7-21(17)31)13-19(29-35)23(33)27-9-3-1-2-4-10-28-24(34)20(30-36)14-16-6-8-22(32)18(26)12-16/h5-8,11-12,31-32,35-36H,1-4,9-10,13-14H2,(H,27,33)(H,28,34)/b29-19+,30-20+. The van der Waals surface area contributed by atoms with E-state index < -0.39 is 11.8 Å². The fourth-order valence-electron chi connectivity index (χ4n) is 3.24. The van der Waals surface area contributed by atoms with Gasteiger partial charge < -0.3 is 31.3 Å². The molecule has 0 saturated heterocycles. The molecule has 0 radical (unpaired) electrons. The largest absolute Gasteiger partial charge is 0.507 e. The summed E-state index contributed by atoms with van der Waals surface area (Å²) in [5, 5.41) is 49.1. The Morgan fingerprint density at radius 2 is 1.08 bits per heavy atom. The van der Waals surface area contributed by atoms with Crippen LogP contribution < -0.4 is 10.6 Å². The molecule has 12 heteroatoms. The van der Waals surface area contributed by atoms with Gasteiger partial charge in [0.05, 0.1) is 8.95 Å². The van der Waals surface area contributed by atoms with Crippen LogP contribution in [0.2, 0.25) is 0 Å². The van der Waals surface area contributed by atoms with Gasteiger partial charge in [0.15, 0.2) is 0 Å². The third-order valence-electron chi connectivity index (χ3n) is 5.21. The number of hydrogen-bond donors (Lipinski definition) is 6. The molecule has 0 fully saturated rings. The van der Waals surface area contributed by atoms with Crippen molar-refractivity contribution in [1.29, 1.82) is 0 Å². The van der Waals surface area contributed by atoms with Crippen molar-refractivity contribution in [1.82, 2.24) is 10.6 Å². The minimum atomic E-state index is -0.467. The molecular weight excluding hydrogens is 600 g/mol. The molecule has 0 atom stereocenters. The quantitative estimate of drug-likeness (QED) is 0.0854. The van der Waals surface area contributed by atoms with E-state index >= 15 is 0 Å². The van der Waals surface area contributed by atoms with Crippen molar-refractivity contribution in [2.75, 3.05) is 13.1 Å². The van der Waals surface area contributed by atoms with Gasteiger partial charge in [0, 0.05) is 25.9 Å². The first-order chi connectivity index (χ1) is 17.2. The normalized spacial score (nSPS) is 11.8. The lowest BCUT2D eigenvalue weighted by Gasteiger charge is -2.09. The first-order valence-electron chi connectivity index (χ1n) is 11.2. The SMILES string of the molecule is O=C(NCCCCCCNC(=O)/C(Cc1ccc(O)c(Br)c1)=N/O)/C(Cc1ccc(O)c(Br)c1)=N/O. The summed E-state index contributed by atoms with van der Waals surface area (Å²) in [7, 11) is 0. The van der Waals surface area contributed by atoms with Crippen LogP contribution in [0.5, 0.6) is 11.5 Å². The molecule has 10 nitrogen and oxygen atoms in total. The minimum Gasteiger partial charge on any atom is -0.507 e. The van der Waals surface area contributed by atoms with Gasteiger partial charge in [-0.15, -0.1) is 0 Å². The number of hydrogen-bond acceptors (Lipinski definition) is 8. The Morgan fingerprint density at radius 1 is 0.694 bits per heavy atom. The molecule has 0 aliphatic rings. The first-order valence-corrected chi connectivity index (χ1v) is 12.8. The monoisotopic (exact) mass is 626 g/mol. The maximum atomic E-state index is 12.2. The number of phenols is 2. The molecule has 194 valence electrons. The molecule has 2 rings (SSSR count). The van der Waals surface area contributed by atoms with Crippen molar-refractivity contribution in [3.8, 4) is 11.5 Å². The number of benzene rings is 2. The summed E-state index contributed by atoms with van der Waals surface area (Å²) in [6, 6.07) is 9.54. The third kappa shape index (κ3) is 9.50. The van der Waals surface area contributed by atoms with Gasteiger partial charge in [0.2, 0.25) is 0 Å². The molecule has 0 aromatic heterocycles. The molecule has 2 amide bonds. The van der Waals surface area contributed by atoms with Crippen LogP contribution in [0, 0.1) is 0 Å². The van der Waals surface area contributed by atoms with Gasteiger partial charge in [-0.1, -0.05) is 35.3 Å². The summed E-state index contributed by atoms with van der Waals surface area (Å²) in [5.41, 5.74) is 1.35. The lowest BCUT2D eigenvalue weighted by molar-refractivity contribution is -0.115. The van der Waals surface area contributed by atoms with Crippen LogP contribution in [0.1, 0.15) is 36.8 Å². The average molecular weight is 628 g/mol. The number of amides is 2. The Hall–Kier alpha value is -3.12. The summed E-state index contributed by atoms with van der Waals surface area (Å²) in [6.45, 7) is 0.819. The van der Waals surface area contributed by atoms with E-state index in [0.717, 1.165) is 12.8 Å². The molecule has 2 aromatic carbocycles. The minimum absolute atomic E-state index is 0.0312. The second-order valence-electron chi connectivity index (χ2n) is 7.94. The van der Waals surface area contributed by atoms with E-state index in [2.05, 4.69) is 52.8 Å². The number of halogens is 2. The van der Waals surface area contributed by atoms with E-state index in [0.29, 0.717) is 46.0 Å². The zero-order valence-corrected chi connectivity index (χ0v) is 22.5. The van der Waals surface area contributed by atoms with Crippen molar-refractivity contribution >= 4 is 55.1 Å². The lowest BCUT2D eigenvalue weighted by Crippen LogP contribution is -2.33. The third-order valence-corrected chi connectivity index (χ3v) is 6.48. The molecule has 0 bridgehead atoms. The highest BCUT2D eigenvalue weighted by molar-refractivity contribution is 9.10. The Morgan fingerprint density at radius 3 is 1.42 bits per heavy atom. The molecule has 36 heavy (non-hydrogen) atoms. The van der Waals surface area contributed by atoms with Gasteiger partial charge >= 0.3 is 0 Å². The van der Waals surface area contributed by atoms with Crippen LogP contribution in [-0.4, -0.2) is 57.0 Å². The average Bonchev–Trinajstić information content (AvgIpc) is 2.86. The summed E-state index contributed by atoms with van der Waals surface area (Å²) < 4.78 is 0.971. The highest BCUT2D eigenvalue weighted by Gasteiger charge is 2.15. The van der Waals surface area contributed by atoms with Crippen LogP contribution in [-0.2, 0) is 22.4 Å². The van der Waals surface area contributed by atoms with Gasteiger partial charge in [0.25, 0.3) is 11.8 Å². The Bertz CT molecular complexity index is 1040. The van der Waals surface area contributed by atoms with Crippen LogP contribution in [0.25, 0.3) is 0 Å². The fourth-order valence-corrected chi connectivity index (χ4v) is 4.09. The fraction of sp³-hybridized carbons (Fsp3) is 0.333. The highest BCUT2D eigenvalue weighted by Crippen LogP contribution is 2.25. The van der Waals surface area contributed by atoms with Crippen molar-refractivity contribution in [3.05, 3.63) is 56.5 Å². The molecule has 0 aliphatic carbocycles. The summed E-state index contributed by atoms with van der Waals surface area (Å²) in [4.78, 5) is 24.5. The Balaban J connectivity index is 1.62. The van der Waals surface area contributed by atoms with E-state index in [1.165, 1.54) is 12.1 Å². The maximum Gasteiger partial charge on any atom is 0.269 e. The van der Waals surface area contributed by atoms with Gasteiger partial charge in [-0.2, -0.15) is 0 Å². The van der Waals surface area contributed by atoms with Crippen LogP contribution in [0.15, 0.2) is 55.7 Å². The molecule has 0 saturated carbocycles. The number of aromatic hydroxyl groups is 2. The van der Waals surface area contributed by atoms with E-state index in [1.807, 2.05) is 0 Å². The zero-order valence-electron chi connectivity index (χ0n) is 19.4. The van der Waals surface area contributed by atoms with Gasteiger partial charge in [-0.3, -0.25) is 9.59 Å². The maximum absolute atomic E-state index is 12.2. The molecule has 0 unspecified atom stereocenters.